The molecule has 0 aliphatic heterocycles. The van der Waals surface area contributed by atoms with Gasteiger partial charge in [-0.1, -0.05) is 30.3 Å². The molecule has 3 aromatic rings. The molecule has 0 heterocycles. The molecule has 0 aliphatic carbocycles. The first-order chi connectivity index (χ1) is 11.6. The van der Waals surface area contributed by atoms with Gasteiger partial charge in [0, 0.05) is 5.56 Å². The second-order valence-electron chi connectivity index (χ2n) is 5.54. The SMILES string of the molecule is COc1cc(C(=O)c2c(O)ccc3ccccc23)cc(C)c1OC. The fourth-order valence-corrected chi connectivity index (χ4v) is 2.93. The molecule has 0 amide bonds. The van der Waals surface area contributed by atoms with E-state index in [0.717, 1.165) is 16.3 Å². The summed E-state index contributed by atoms with van der Waals surface area (Å²) >= 11 is 0. The average Bonchev–Trinajstić information content (AvgIpc) is 2.60. The van der Waals surface area contributed by atoms with Gasteiger partial charge in [0.1, 0.15) is 5.75 Å². The number of methoxy groups -OCH3 is 2. The van der Waals surface area contributed by atoms with Crippen LogP contribution >= 0.6 is 0 Å². The molecule has 24 heavy (non-hydrogen) atoms. The Kier molecular flexibility index (Phi) is 4.13. The standard InChI is InChI=1S/C20H18O4/c1-12-10-14(11-17(23-2)20(12)24-3)19(22)18-15-7-5-4-6-13(15)8-9-16(18)21/h4-11,21H,1-3H3. The summed E-state index contributed by atoms with van der Waals surface area (Å²) in [6.07, 6.45) is 0. The van der Waals surface area contributed by atoms with Crippen molar-refractivity contribution in [1.82, 2.24) is 0 Å². The normalized spacial score (nSPS) is 10.6. The van der Waals surface area contributed by atoms with Crippen LogP contribution in [0.5, 0.6) is 17.2 Å². The highest BCUT2D eigenvalue weighted by Gasteiger charge is 2.20. The lowest BCUT2D eigenvalue weighted by molar-refractivity contribution is 0.103. The minimum absolute atomic E-state index is 0.0360. The lowest BCUT2D eigenvalue weighted by atomic mass is 9.95. The molecule has 0 unspecified atom stereocenters. The average molecular weight is 322 g/mol. The third-order valence-electron chi connectivity index (χ3n) is 4.06. The monoisotopic (exact) mass is 322 g/mol. The van der Waals surface area contributed by atoms with Crippen molar-refractivity contribution in [3.8, 4) is 17.2 Å². The van der Waals surface area contributed by atoms with Crippen LogP contribution in [0.1, 0.15) is 21.5 Å². The van der Waals surface area contributed by atoms with Crippen LogP contribution in [0, 0.1) is 6.92 Å². The number of carbonyl (C=O) groups is 1. The lowest BCUT2D eigenvalue weighted by Crippen LogP contribution is -2.05. The molecule has 0 saturated carbocycles. The van der Waals surface area contributed by atoms with Crippen LogP contribution in [0.15, 0.2) is 48.5 Å². The van der Waals surface area contributed by atoms with Crippen LogP contribution in [0.4, 0.5) is 0 Å². The summed E-state index contributed by atoms with van der Waals surface area (Å²) in [4.78, 5) is 13.0. The Hall–Kier alpha value is -3.01. The van der Waals surface area contributed by atoms with E-state index < -0.39 is 0 Å². The van der Waals surface area contributed by atoms with Gasteiger partial charge in [0.15, 0.2) is 17.3 Å². The molecule has 1 N–H and O–H groups in total. The third kappa shape index (κ3) is 2.56. The van der Waals surface area contributed by atoms with E-state index in [0.29, 0.717) is 22.6 Å². The van der Waals surface area contributed by atoms with Crippen molar-refractivity contribution in [3.05, 3.63) is 65.2 Å². The number of phenolic OH excluding ortho intramolecular Hbond substituents is 1. The Morgan fingerprint density at radius 3 is 2.46 bits per heavy atom. The third-order valence-corrected chi connectivity index (χ3v) is 4.06. The predicted molar refractivity (Wildman–Crippen MR) is 93.3 cm³/mol. The summed E-state index contributed by atoms with van der Waals surface area (Å²) < 4.78 is 10.6. The second-order valence-corrected chi connectivity index (χ2v) is 5.54. The summed E-state index contributed by atoms with van der Waals surface area (Å²) in [5.74, 6) is 0.788. The maximum atomic E-state index is 13.0. The molecule has 0 aromatic heterocycles. The molecular weight excluding hydrogens is 304 g/mol. The Morgan fingerprint density at radius 2 is 1.75 bits per heavy atom. The van der Waals surface area contributed by atoms with Crippen molar-refractivity contribution >= 4 is 16.6 Å². The number of ketones is 1. The van der Waals surface area contributed by atoms with Crippen LogP contribution < -0.4 is 9.47 Å². The summed E-state index contributed by atoms with van der Waals surface area (Å²) in [6, 6.07) is 14.2. The maximum absolute atomic E-state index is 13.0. The number of phenols is 1. The van der Waals surface area contributed by atoms with Crippen LogP contribution in [0.3, 0.4) is 0 Å². The van der Waals surface area contributed by atoms with E-state index >= 15 is 0 Å². The minimum atomic E-state index is -0.256. The fraction of sp³-hybridized carbons (Fsp3) is 0.150. The van der Waals surface area contributed by atoms with Gasteiger partial charge < -0.3 is 14.6 Å². The van der Waals surface area contributed by atoms with E-state index in [1.54, 1.807) is 31.4 Å². The number of aromatic hydroxyl groups is 1. The fourth-order valence-electron chi connectivity index (χ4n) is 2.93. The summed E-state index contributed by atoms with van der Waals surface area (Å²) in [7, 11) is 3.09. The molecule has 4 nitrogen and oxygen atoms in total. The number of benzene rings is 3. The molecule has 122 valence electrons. The molecule has 0 saturated heterocycles. The zero-order valence-electron chi connectivity index (χ0n) is 13.8. The van der Waals surface area contributed by atoms with E-state index in [-0.39, 0.29) is 11.5 Å². The number of carbonyl (C=O) groups excluding carboxylic acids is 1. The van der Waals surface area contributed by atoms with E-state index in [1.165, 1.54) is 7.11 Å². The zero-order valence-corrected chi connectivity index (χ0v) is 13.8. The Balaban J connectivity index is 2.20. The Labute approximate surface area is 140 Å². The molecule has 3 aromatic carbocycles. The van der Waals surface area contributed by atoms with E-state index in [2.05, 4.69) is 0 Å². The number of ether oxygens (including phenoxy) is 2. The highest BCUT2D eigenvalue weighted by molar-refractivity contribution is 6.18. The molecule has 0 bridgehead atoms. The van der Waals surface area contributed by atoms with Crippen LogP contribution in [0.2, 0.25) is 0 Å². The van der Waals surface area contributed by atoms with Gasteiger partial charge in [-0.25, -0.2) is 0 Å². The van der Waals surface area contributed by atoms with Crippen LogP contribution in [-0.4, -0.2) is 25.1 Å². The highest BCUT2D eigenvalue weighted by Crippen LogP contribution is 2.35. The van der Waals surface area contributed by atoms with Gasteiger partial charge in [0.25, 0.3) is 0 Å². The molecule has 3 rings (SSSR count). The van der Waals surface area contributed by atoms with Gasteiger partial charge in [-0.15, -0.1) is 0 Å². The van der Waals surface area contributed by atoms with Crippen molar-refractivity contribution in [2.75, 3.05) is 14.2 Å². The van der Waals surface area contributed by atoms with Gasteiger partial charge in [-0.05, 0) is 41.5 Å². The van der Waals surface area contributed by atoms with E-state index in [4.69, 9.17) is 9.47 Å². The Morgan fingerprint density at radius 1 is 1.00 bits per heavy atom. The molecule has 0 aliphatic rings. The zero-order chi connectivity index (χ0) is 17.3. The summed E-state index contributed by atoms with van der Waals surface area (Å²) in [6.45, 7) is 1.85. The minimum Gasteiger partial charge on any atom is -0.507 e. The predicted octanol–water partition coefficient (Wildman–Crippen LogP) is 4.10. The van der Waals surface area contributed by atoms with Crippen molar-refractivity contribution in [2.45, 2.75) is 6.92 Å². The van der Waals surface area contributed by atoms with Gasteiger partial charge in [0.05, 0.1) is 19.8 Å². The number of hydrogen-bond acceptors (Lipinski definition) is 4. The van der Waals surface area contributed by atoms with Gasteiger partial charge >= 0.3 is 0 Å². The van der Waals surface area contributed by atoms with Crippen LogP contribution in [0.25, 0.3) is 10.8 Å². The number of hydrogen-bond donors (Lipinski definition) is 1. The first-order valence-electron chi connectivity index (χ1n) is 7.55. The van der Waals surface area contributed by atoms with Crippen LogP contribution in [-0.2, 0) is 0 Å². The maximum Gasteiger partial charge on any atom is 0.197 e. The molecule has 0 spiro atoms. The first kappa shape index (κ1) is 15.9. The van der Waals surface area contributed by atoms with Crippen molar-refractivity contribution in [3.63, 3.8) is 0 Å². The lowest BCUT2D eigenvalue weighted by Gasteiger charge is -2.13. The topological polar surface area (TPSA) is 55.8 Å². The van der Waals surface area contributed by atoms with Gasteiger partial charge in [-0.3, -0.25) is 4.79 Å². The summed E-state index contributed by atoms with van der Waals surface area (Å²) in [5.41, 5.74) is 1.52. The van der Waals surface area contributed by atoms with Crippen molar-refractivity contribution in [1.29, 1.82) is 0 Å². The molecule has 0 fully saturated rings. The van der Waals surface area contributed by atoms with Crippen molar-refractivity contribution in [2.24, 2.45) is 0 Å². The molecule has 0 radical (unpaired) electrons. The quantitative estimate of drug-likeness (QED) is 0.735. The van der Waals surface area contributed by atoms with Gasteiger partial charge in [-0.2, -0.15) is 0 Å². The largest absolute Gasteiger partial charge is 0.507 e. The Bertz CT molecular complexity index is 928. The highest BCUT2D eigenvalue weighted by atomic mass is 16.5. The molecular formula is C20H18O4. The number of fused-ring (bicyclic) bond motifs is 1. The number of aryl methyl sites for hydroxylation is 1. The van der Waals surface area contributed by atoms with E-state index in [1.807, 2.05) is 31.2 Å². The first-order valence-corrected chi connectivity index (χ1v) is 7.55. The summed E-state index contributed by atoms with van der Waals surface area (Å²) in [5, 5.41) is 11.9. The number of rotatable bonds is 4. The van der Waals surface area contributed by atoms with Crippen molar-refractivity contribution < 1.29 is 19.4 Å². The van der Waals surface area contributed by atoms with E-state index in [9.17, 15) is 9.90 Å². The second kappa shape index (κ2) is 6.24. The molecule has 0 atom stereocenters. The van der Waals surface area contributed by atoms with Gasteiger partial charge in [0.2, 0.25) is 0 Å². The smallest absolute Gasteiger partial charge is 0.197 e. The molecule has 4 heteroatoms.